The quantitative estimate of drug-likeness (QED) is 0.606. The molecule has 2 rings (SSSR count). The second-order valence-corrected chi connectivity index (χ2v) is 4.34. The van der Waals surface area contributed by atoms with E-state index in [1.54, 1.807) is 6.07 Å². The Hall–Kier alpha value is -1.51. The zero-order valence-corrected chi connectivity index (χ0v) is 8.42. The first kappa shape index (κ1) is 9.06. The van der Waals surface area contributed by atoms with Gasteiger partial charge in [-0.1, -0.05) is 26.0 Å². The van der Waals surface area contributed by atoms with Gasteiger partial charge in [0.25, 0.3) is 5.91 Å². The molecule has 0 unspecified atom stereocenters. The molecule has 1 aliphatic heterocycles. The summed E-state index contributed by atoms with van der Waals surface area (Å²) in [6.07, 6.45) is 0. The number of nitrogens with two attached hydrogens (primary N) is 1. The molecule has 1 amide bonds. The Kier molecular flexibility index (Phi) is 1.77. The van der Waals surface area contributed by atoms with Crippen LogP contribution in [0.4, 0.5) is 5.69 Å². The van der Waals surface area contributed by atoms with Crippen LogP contribution >= 0.6 is 0 Å². The highest BCUT2D eigenvalue weighted by atomic mass is 16.1. The molecule has 0 saturated carbocycles. The Balaban J connectivity index is 2.69. The second kappa shape index (κ2) is 2.74. The number of carbonyl (C=O) groups is 1. The van der Waals surface area contributed by atoms with Gasteiger partial charge >= 0.3 is 0 Å². The average Bonchev–Trinajstić information content (AvgIpc) is 2.12. The molecule has 3 nitrogen and oxygen atoms in total. The van der Waals surface area contributed by atoms with Gasteiger partial charge in [0.2, 0.25) is 0 Å². The highest BCUT2D eigenvalue weighted by Crippen LogP contribution is 2.32. The van der Waals surface area contributed by atoms with E-state index in [-0.39, 0.29) is 11.3 Å². The fraction of sp³-hybridized carbons (Fsp3) is 0.364. The van der Waals surface area contributed by atoms with E-state index in [0.717, 1.165) is 5.56 Å². The SMILES string of the molecule is CC1(C)CNC(=O)c2c(N)cccc21. The summed E-state index contributed by atoms with van der Waals surface area (Å²) in [5, 5.41) is 2.85. The number of fused-ring (bicyclic) bond motifs is 1. The summed E-state index contributed by atoms with van der Waals surface area (Å²) in [6, 6.07) is 5.64. The first-order valence-electron chi connectivity index (χ1n) is 4.69. The third kappa shape index (κ3) is 1.16. The largest absolute Gasteiger partial charge is 0.398 e. The van der Waals surface area contributed by atoms with Crippen molar-refractivity contribution in [2.45, 2.75) is 19.3 Å². The van der Waals surface area contributed by atoms with E-state index in [2.05, 4.69) is 19.2 Å². The lowest BCUT2D eigenvalue weighted by Crippen LogP contribution is -2.43. The van der Waals surface area contributed by atoms with Gasteiger partial charge in [0, 0.05) is 17.6 Å². The molecule has 1 aromatic carbocycles. The van der Waals surface area contributed by atoms with Crippen LogP contribution < -0.4 is 11.1 Å². The normalized spacial score (nSPS) is 18.6. The molecule has 0 spiro atoms. The zero-order chi connectivity index (χ0) is 10.3. The van der Waals surface area contributed by atoms with E-state index in [0.29, 0.717) is 17.8 Å². The van der Waals surface area contributed by atoms with Gasteiger partial charge in [0.15, 0.2) is 0 Å². The van der Waals surface area contributed by atoms with Gasteiger partial charge in [-0.25, -0.2) is 0 Å². The number of rotatable bonds is 0. The maximum Gasteiger partial charge on any atom is 0.253 e. The van der Waals surface area contributed by atoms with Crippen molar-refractivity contribution in [3.8, 4) is 0 Å². The molecule has 1 heterocycles. The van der Waals surface area contributed by atoms with E-state index < -0.39 is 0 Å². The topological polar surface area (TPSA) is 55.1 Å². The molecule has 0 atom stereocenters. The lowest BCUT2D eigenvalue weighted by atomic mass is 9.78. The Morgan fingerprint density at radius 3 is 2.79 bits per heavy atom. The summed E-state index contributed by atoms with van der Waals surface area (Å²) < 4.78 is 0. The highest BCUT2D eigenvalue weighted by molar-refractivity contribution is 6.02. The van der Waals surface area contributed by atoms with Gasteiger partial charge in [-0.15, -0.1) is 0 Å². The first-order chi connectivity index (χ1) is 6.52. The summed E-state index contributed by atoms with van der Waals surface area (Å²) in [5.74, 6) is -0.0579. The Morgan fingerprint density at radius 2 is 2.14 bits per heavy atom. The van der Waals surface area contributed by atoms with Crippen LogP contribution in [0.1, 0.15) is 29.8 Å². The van der Waals surface area contributed by atoms with Crippen LogP contribution in [0.2, 0.25) is 0 Å². The molecule has 3 N–H and O–H groups in total. The predicted octanol–water partition coefficient (Wildman–Crippen LogP) is 1.29. The predicted molar refractivity (Wildman–Crippen MR) is 56.2 cm³/mol. The summed E-state index contributed by atoms with van der Waals surface area (Å²) >= 11 is 0. The molecule has 74 valence electrons. The molecule has 0 aromatic heterocycles. The number of nitrogens with one attached hydrogen (secondary N) is 1. The number of hydrogen-bond donors (Lipinski definition) is 2. The van der Waals surface area contributed by atoms with Crippen molar-refractivity contribution in [2.75, 3.05) is 12.3 Å². The third-order valence-electron chi connectivity index (χ3n) is 2.74. The zero-order valence-electron chi connectivity index (χ0n) is 8.42. The molecule has 0 saturated heterocycles. The van der Waals surface area contributed by atoms with Crippen molar-refractivity contribution in [2.24, 2.45) is 0 Å². The first-order valence-corrected chi connectivity index (χ1v) is 4.69. The monoisotopic (exact) mass is 190 g/mol. The number of benzene rings is 1. The van der Waals surface area contributed by atoms with E-state index in [4.69, 9.17) is 5.73 Å². The van der Waals surface area contributed by atoms with Crippen molar-refractivity contribution >= 4 is 11.6 Å². The minimum atomic E-state index is -0.0579. The number of anilines is 1. The molecule has 0 radical (unpaired) electrons. The third-order valence-corrected chi connectivity index (χ3v) is 2.74. The molecule has 1 aromatic rings. The van der Waals surface area contributed by atoms with Crippen LogP contribution in [0.25, 0.3) is 0 Å². The molecule has 14 heavy (non-hydrogen) atoms. The summed E-state index contributed by atoms with van der Waals surface area (Å²) in [4.78, 5) is 11.6. The van der Waals surface area contributed by atoms with Crippen LogP contribution in [-0.4, -0.2) is 12.5 Å². The maximum absolute atomic E-state index is 11.6. The van der Waals surface area contributed by atoms with Gasteiger partial charge in [-0.3, -0.25) is 4.79 Å². The number of carbonyl (C=O) groups excluding carboxylic acids is 1. The molecule has 0 aliphatic carbocycles. The fourth-order valence-electron chi connectivity index (χ4n) is 1.87. The van der Waals surface area contributed by atoms with Crippen molar-refractivity contribution in [3.05, 3.63) is 29.3 Å². The lowest BCUT2D eigenvalue weighted by molar-refractivity contribution is 0.0931. The van der Waals surface area contributed by atoms with Crippen LogP contribution in [-0.2, 0) is 5.41 Å². The van der Waals surface area contributed by atoms with E-state index in [1.807, 2.05) is 12.1 Å². The smallest absolute Gasteiger partial charge is 0.253 e. The van der Waals surface area contributed by atoms with Gasteiger partial charge in [0.1, 0.15) is 0 Å². The van der Waals surface area contributed by atoms with Crippen LogP contribution in [0.15, 0.2) is 18.2 Å². The molecule has 3 heteroatoms. The Bertz CT molecular complexity index is 396. The van der Waals surface area contributed by atoms with Gasteiger partial charge in [0.05, 0.1) is 5.56 Å². The molecular weight excluding hydrogens is 176 g/mol. The minimum Gasteiger partial charge on any atom is -0.398 e. The van der Waals surface area contributed by atoms with Crippen molar-refractivity contribution in [1.82, 2.24) is 5.32 Å². The van der Waals surface area contributed by atoms with Gasteiger partial charge < -0.3 is 11.1 Å². The fourth-order valence-corrected chi connectivity index (χ4v) is 1.87. The molecule has 0 bridgehead atoms. The van der Waals surface area contributed by atoms with Crippen molar-refractivity contribution in [1.29, 1.82) is 0 Å². The Morgan fingerprint density at radius 1 is 1.43 bits per heavy atom. The number of hydrogen-bond acceptors (Lipinski definition) is 2. The standard InChI is InChI=1S/C11H14N2O/c1-11(2)6-13-10(14)9-7(11)4-3-5-8(9)12/h3-5H,6,12H2,1-2H3,(H,13,14). The van der Waals surface area contributed by atoms with Crippen molar-refractivity contribution in [3.63, 3.8) is 0 Å². The molecule has 0 fully saturated rings. The second-order valence-electron chi connectivity index (χ2n) is 4.34. The molecular formula is C11H14N2O. The van der Waals surface area contributed by atoms with Crippen molar-refractivity contribution < 1.29 is 4.79 Å². The van der Waals surface area contributed by atoms with E-state index >= 15 is 0 Å². The molecule has 1 aliphatic rings. The van der Waals surface area contributed by atoms with Gasteiger partial charge in [-0.2, -0.15) is 0 Å². The summed E-state index contributed by atoms with van der Waals surface area (Å²) in [7, 11) is 0. The number of amides is 1. The van der Waals surface area contributed by atoms with Gasteiger partial charge in [-0.05, 0) is 11.6 Å². The summed E-state index contributed by atoms with van der Waals surface area (Å²) in [6.45, 7) is 4.87. The van der Waals surface area contributed by atoms with E-state index in [9.17, 15) is 4.79 Å². The van der Waals surface area contributed by atoms with Crippen LogP contribution in [0, 0.1) is 0 Å². The highest BCUT2D eigenvalue weighted by Gasteiger charge is 2.32. The van der Waals surface area contributed by atoms with E-state index in [1.165, 1.54) is 0 Å². The number of nitrogen functional groups attached to an aromatic ring is 1. The maximum atomic E-state index is 11.6. The lowest BCUT2D eigenvalue weighted by Gasteiger charge is -2.32. The minimum absolute atomic E-state index is 0.0291. The Labute approximate surface area is 83.3 Å². The van der Waals surface area contributed by atoms with Crippen LogP contribution in [0.3, 0.4) is 0 Å². The van der Waals surface area contributed by atoms with Crippen LogP contribution in [0.5, 0.6) is 0 Å². The summed E-state index contributed by atoms with van der Waals surface area (Å²) in [5.41, 5.74) is 8.01. The average molecular weight is 190 g/mol.